The first kappa shape index (κ1) is 19.2. The van der Waals surface area contributed by atoms with Gasteiger partial charge in [-0.2, -0.15) is 5.10 Å². The zero-order valence-electron chi connectivity index (χ0n) is 17.1. The van der Waals surface area contributed by atoms with Crippen LogP contribution < -0.4 is 5.32 Å². The van der Waals surface area contributed by atoms with Crippen molar-refractivity contribution in [3.05, 3.63) is 76.5 Å². The van der Waals surface area contributed by atoms with Crippen LogP contribution in [0.5, 0.6) is 0 Å². The Bertz CT molecular complexity index is 1080. The summed E-state index contributed by atoms with van der Waals surface area (Å²) < 4.78 is 1.71. The number of aromatic nitrogens is 4. The number of carbonyl (C=O) groups is 1. The highest BCUT2D eigenvalue weighted by Gasteiger charge is 2.17. The van der Waals surface area contributed by atoms with E-state index in [1.54, 1.807) is 17.1 Å². The molecule has 0 aliphatic carbocycles. The van der Waals surface area contributed by atoms with Crippen molar-refractivity contribution < 1.29 is 4.79 Å². The minimum absolute atomic E-state index is 0.0379. The van der Waals surface area contributed by atoms with Crippen molar-refractivity contribution in [2.45, 2.75) is 33.6 Å². The second kappa shape index (κ2) is 8.09. The van der Waals surface area contributed by atoms with Gasteiger partial charge in [0, 0.05) is 25.4 Å². The molecule has 0 fully saturated rings. The number of carbonyl (C=O) groups excluding carboxylic acids is 1. The Morgan fingerprint density at radius 2 is 2.00 bits per heavy atom. The number of rotatable bonds is 5. The minimum Gasteiger partial charge on any atom is -0.313 e. The van der Waals surface area contributed by atoms with Crippen LogP contribution in [0.15, 0.2) is 42.9 Å². The molecule has 0 unspecified atom stereocenters. The number of ketones is 1. The maximum atomic E-state index is 12.9. The number of hydrogen-bond donors (Lipinski definition) is 1. The molecular formula is C23H25N5O. The second-order valence-electron chi connectivity index (χ2n) is 7.54. The van der Waals surface area contributed by atoms with E-state index in [0.29, 0.717) is 17.8 Å². The van der Waals surface area contributed by atoms with Crippen molar-refractivity contribution in [1.82, 2.24) is 25.1 Å². The number of hydrogen-bond acceptors (Lipinski definition) is 5. The molecule has 148 valence electrons. The molecule has 6 heteroatoms. The Balaban J connectivity index is 1.53. The van der Waals surface area contributed by atoms with Crippen LogP contribution in [0.3, 0.4) is 0 Å². The molecule has 0 aromatic carbocycles. The van der Waals surface area contributed by atoms with Gasteiger partial charge in [0.1, 0.15) is 0 Å². The zero-order valence-corrected chi connectivity index (χ0v) is 17.1. The van der Waals surface area contributed by atoms with E-state index in [1.807, 2.05) is 32.2 Å². The summed E-state index contributed by atoms with van der Waals surface area (Å²) in [5.41, 5.74) is 6.86. The molecule has 0 saturated heterocycles. The lowest BCUT2D eigenvalue weighted by atomic mass is 9.98. The van der Waals surface area contributed by atoms with Crippen LogP contribution in [0.4, 0.5) is 0 Å². The summed E-state index contributed by atoms with van der Waals surface area (Å²) in [4.78, 5) is 22.0. The number of aryl methyl sites for hydroxylation is 2. The summed E-state index contributed by atoms with van der Waals surface area (Å²) in [6.45, 7) is 7.82. The molecule has 4 heterocycles. The van der Waals surface area contributed by atoms with Crippen LogP contribution in [-0.4, -0.2) is 38.6 Å². The van der Waals surface area contributed by atoms with E-state index in [9.17, 15) is 4.79 Å². The molecule has 1 aliphatic heterocycles. The highest BCUT2D eigenvalue weighted by molar-refractivity contribution is 5.98. The number of Topliss-reactive ketones (excluding diaryl/α,β-unsaturated/α-hetero) is 1. The first-order valence-electron chi connectivity index (χ1n) is 9.89. The van der Waals surface area contributed by atoms with E-state index in [2.05, 4.69) is 39.4 Å². The van der Waals surface area contributed by atoms with Crippen molar-refractivity contribution in [1.29, 1.82) is 0 Å². The van der Waals surface area contributed by atoms with E-state index in [0.717, 1.165) is 47.6 Å². The van der Waals surface area contributed by atoms with Crippen LogP contribution in [-0.2, 0) is 6.42 Å². The third-order valence-electron chi connectivity index (χ3n) is 5.29. The highest BCUT2D eigenvalue weighted by Crippen LogP contribution is 2.22. The monoisotopic (exact) mass is 387 g/mol. The van der Waals surface area contributed by atoms with E-state index < -0.39 is 0 Å². The second-order valence-corrected chi connectivity index (χ2v) is 7.54. The fourth-order valence-electron chi connectivity index (χ4n) is 3.68. The zero-order chi connectivity index (χ0) is 20.4. The molecule has 6 nitrogen and oxygen atoms in total. The molecule has 0 spiro atoms. The molecule has 1 N–H and O–H groups in total. The molecule has 3 aromatic rings. The average Bonchev–Trinajstić information content (AvgIpc) is 3.11. The van der Waals surface area contributed by atoms with E-state index in [4.69, 9.17) is 0 Å². The van der Waals surface area contributed by atoms with Crippen molar-refractivity contribution in [2.75, 3.05) is 13.1 Å². The number of nitrogens with zero attached hydrogens (tertiary/aromatic N) is 4. The lowest BCUT2D eigenvalue weighted by Crippen LogP contribution is -2.20. The van der Waals surface area contributed by atoms with Crippen molar-refractivity contribution in [2.24, 2.45) is 0 Å². The molecule has 0 atom stereocenters. The van der Waals surface area contributed by atoms with Gasteiger partial charge in [0.05, 0.1) is 23.1 Å². The summed E-state index contributed by atoms with van der Waals surface area (Å²) in [5.74, 6) is 0.750. The van der Waals surface area contributed by atoms with E-state index >= 15 is 0 Å². The summed E-state index contributed by atoms with van der Waals surface area (Å²) >= 11 is 0. The lowest BCUT2D eigenvalue weighted by molar-refractivity contribution is 0.0992. The van der Waals surface area contributed by atoms with Gasteiger partial charge < -0.3 is 5.32 Å². The summed E-state index contributed by atoms with van der Waals surface area (Å²) in [6, 6.07) is 5.97. The van der Waals surface area contributed by atoms with Crippen LogP contribution in [0.25, 0.3) is 11.4 Å². The van der Waals surface area contributed by atoms with Crippen molar-refractivity contribution in [3.63, 3.8) is 0 Å². The first-order valence-corrected chi connectivity index (χ1v) is 9.89. The fraction of sp³-hybridized carbons (Fsp3) is 0.304. The summed E-state index contributed by atoms with van der Waals surface area (Å²) in [5, 5.41) is 7.70. The Kier molecular flexibility index (Phi) is 5.36. The molecule has 4 rings (SSSR count). The van der Waals surface area contributed by atoms with Gasteiger partial charge in [-0.25, -0.2) is 9.67 Å². The van der Waals surface area contributed by atoms with E-state index in [-0.39, 0.29) is 5.78 Å². The maximum Gasteiger partial charge on any atom is 0.170 e. The quantitative estimate of drug-likeness (QED) is 0.680. The molecule has 3 aromatic heterocycles. The van der Waals surface area contributed by atoms with E-state index in [1.165, 1.54) is 5.57 Å². The number of pyridine rings is 2. The molecule has 29 heavy (non-hydrogen) atoms. The number of nitrogens with one attached hydrogen (secondary N) is 1. The summed E-state index contributed by atoms with van der Waals surface area (Å²) in [7, 11) is 0. The Labute approximate surface area is 170 Å². The highest BCUT2D eigenvalue weighted by atomic mass is 16.1. The predicted molar refractivity (Wildman–Crippen MR) is 113 cm³/mol. The van der Waals surface area contributed by atoms with Gasteiger partial charge in [-0.15, -0.1) is 0 Å². The van der Waals surface area contributed by atoms with Gasteiger partial charge in [0.15, 0.2) is 11.6 Å². The molecule has 0 bridgehead atoms. The Hall–Kier alpha value is -3.12. The molecule has 0 saturated carbocycles. The fourth-order valence-corrected chi connectivity index (χ4v) is 3.68. The SMILES string of the molecule is Cc1ccc(-n2ncc(C(=O)Cc3cnc(C4=CCNCC4)c(C)c3)c2C)nc1. The van der Waals surface area contributed by atoms with Gasteiger partial charge in [0.2, 0.25) is 0 Å². The van der Waals surface area contributed by atoms with Gasteiger partial charge in [-0.05, 0) is 62.1 Å². The topological polar surface area (TPSA) is 72.7 Å². The van der Waals surface area contributed by atoms with Crippen LogP contribution in [0, 0.1) is 20.8 Å². The summed E-state index contributed by atoms with van der Waals surface area (Å²) in [6.07, 6.45) is 8.74. The third kappa shape index (κ3) is 4.03. The van der Waals surface area contributed by atoms with Gasteiger partial charge in [0.25, 0.3) is 0 Å². The minimum atomic E-state index is 0.0379. The first-order chi connectivity index (χ1) is 14.0. The van der Waals surface area contributed by atoms with Gasteiger partial charge in [-0.1, -0.05) is 18.2 Å². The molecule has 1 aliphatic rings. The standard InChI is InChI=1S/C23H25N5O/c1-15-4-5-22(25-12-15)28-17(3)20(14-27-28)21(29)11-18-10-16(2)23(26-13-18)19-6-8-24-9-7-19/h4-6,10,12-14,24H,7-9,11H2,1-3H3. The molecule has 0 radical (unpaired) electrons. The lowest BCUT2D eigenvalue weighted by Gasteiger charge is -2.15. The van der Waals surface area contributed by atoms with Crippen LogP contribution >= 0.6 is 0 Å². The van der Waals surface area contributed by atoms with Gasteiger partial charge >= 0.3 is 0 Å². The molecular weight excluding hydrogens is 362 g/mol. The molecule has 0 amide bonds. The van der Waals surface area contributed by atoms with Crippen LogP contribution in [0.2, 0.25) is 0 Å². The smallest absolute Gasteiger partial charge is 0.170 e. The Morgan fingerprint density at radius 1 is 1.14 bits per heavy atom. The van der Waals surface area contributed by atoms with Crippen molar-refractivity contribution in [3.8, 4) is 5.82 Å². The normalized spacial score (nSPS) is 14.0. The maximum absolute atomic E-state index is 12.9. The largest absolute Gasteiger partial charge is 0.313 e. The predicted octanol–water partition coefficient (Wildman–Crippen LogP) is 3.39. The average molecular weight is 387 g/mol. The Morgan fingerprint density at radius 3 is 2.69 bits per heavy atom. The van der Waals surface area contributed by atoms with Crippen molar-refractivity contribution >= 4 is 11.4 Å². The van der Waals surface area contributed by atoms with Crippen LogP contribution in [0.1, 0.15) is 44.9 Å². The van der Waals surface area contributed by atoms with Gasteiger partial charge in [-0.3, -0.25) is 9.78 Å². The third-order valence-corrected chi connectivity index (χ3v) is 5.29.